The summed E-state index contributed by atoms with van der Waals surface area (Å²) in [4.78, 5) is 10.3. The topological polar surface area (TPSA) is 30.7 Å². The number of fused-ring (bicyclic) bond motifs is 4. The molecule has 0 bridgehead atoms. The first-order chi connectivity index (χ1) is 20.8. The van der Waals surface area contributed by atoms with Crippen LogP contribution in [0.3, 0.4) is 0 Å². The Bertz CT molecular complexity index is 2180. The maximum absolute atomic E-state index is 4.56. The lowest BCUT2D eigenvalue weighted by molar-refractivity contribution is 1.13. The Morgan fingerprint density at radius 3 is 2.48 bits per heavy atom. The number of thioether (sulfide) groups is 1. The number of nitrogens with zero attached hydrogens (tertiary/aromatic N) is 3. The maximum atomic E-state index is 4.56. The third-order valence-electron chi connectivity index (χ3n) is 7.44. The molecule has 6 aromatic rings. The van der Waals surface area contributed by atoms with Gasteiger partial charge in [-0.25, -0.2) is 9.97 Å². The van der Waals surface area contributed by atoms with E-state index < -0.39 is 0 Å². The molecule has 0 fully saturated rings. The van der Waals surface area contributed by atoms with Crippen molar-refractivity contribution in [2.75, 3.05) is 0 Å². The summed E-state index contributed by atoms with van der Waals surface area (Å²) in [6.07, 6.45) is 18.3. The molecule has 0 unspecified atom stereocenters. The monoisotopic (exact) mass is 557 g/mol. The Kier molecular flexibility index (Phi) is 6.97. The minimum Gasteiger partial charge on any atom is -0.309 e. The molecule has 0 N–H and O–H groups in total. The van der Waals surface area contributed by atoms with Crippen molar-refractivity contribution >= 4 is 51.3 Å². The molecule has 0 spiro atoms. The predicted octanol–water partition coefficient (Wildman–Crippen LogP) is 8.25. The molecule has 0 amide bonds. The smallest absolute Gasteiger partial charge is 0.161 e. The van der Waals surface area contributed by atoms with Crippen LogP contribution >= 0.6 is 11.8 Å². The summed E-state index contributed by atoms with van der Waals surface area (Å²) >= 11 is 1.73. The third kappa shape index (κ3) is 4.72. The van der Waals surface area contributed by atoms with Gasteiger partial charge in [-0.3, -0.25) is 0 Å². The van der Waals surface area contributed by atoms with Crippen molar-refractivity contribution in [2.24, 2.45) is 0 Å². The van der Waals surface area contributed by atoms with E-state index in [-0.39, 0.29) is 0 Å². The Hall–Kier alpha value is -5.19. The summed E-state index contributed by atoms with van der Waals surface area (Å²) in [7, 11) is 0. The Balaban J connectivity index is 1.39. The van der Waals surface area contributed by atoms with Gasteiger partial charge in [0.2, 0.25) is 0 Å². The molecule has 7 rings (SSSR count). The summed E-state index contributed by atoms with van der Waals surface area (Å²) in [5.74, 6) is 0.712. The highest BCUT2D eigenvalue weighted by Crippen LogP contribution is 2.36. The van der Waals surface area contributed by atoms with Crippen LogP contribution in [-0.4, -0.2) is 14.5 Å². The fourth-order valence-corrected chi connectivity index (χ4v) is 6.35. The van der Waals surface area contributed by atoms with E-state index in [2.05, 4.69) is 142 Å². The lowest BCUT2D eigenvalue weighted by Gasteiger charge is -2.13. The normalized spacial score (nSPS) is 17.1. The van der Waals surface area contributed by atoms with Crippen molar-refractivity contribution < 1.29 is 0 Å². The molecule has 4 heteroatoms. The molecule has 1 aliphatic heterocycles. The summed E-state index contributed by atoms with van der Waals surface area (Å²) in [5.41, 5.74) is 6.65. The molecule has 2 aromatic heterocycles. The van der Waals surface area contributed by atoms with Crippen LogP contribution < -0.4 is 10.4 Å². The largest absolute Gasteiger partial charge is 0.309 e. The number of para-hydroxylation sites is 2. The van der Waals surface area contributed by atoms with Crippen LogP contribution in [0, 0.1) is 0 Å². The van der Waals surface area contributed by atoms with Crippen LogP contribution in [0.15, 0.2) is 151 Å². The average Bonchev–Trinajstić information content (AvgIpc) is 3.37. The molecule has 42 heavy (non-hydrogen) atoms. The van der Waals surface area contributed by atoms with Gasteiger partial charge in [0.25, 0.3) is 0 Å². The zero-order valence-corrected chi connectivity index (χ0v) is 23.7. The number of benzene rings is 4. The second-order valence-electron chi connectivity index (χ2n) is 9.93. The first-order valence-corrected chi connectivity index (χ1v) is 14.7. The molecule has 4 aromatic carbocycles. The molecular formula is C38H27N3S. The highest BCUT2D eigenvalue weighted by atomic mass is 32.2. The number of allylic oxidation sites excluding steroid dienone is 6. The van der Waals surface area contributed by atoms with Gasteiger partial charge in [-0.05, 0) is 69.4 Å². The van der Waals surface area contributed by atoms with Crippen molar-refractivity contribution in [3.63, 3.8) is 0 Å². The highest BCUT2D eigenvalue weighted by molar-refractivity contribution is 8.02. The third-order valence-corrected chi connectivity index (χ3v) is 8.35. The quantitative estimate of drug-likeness (QED) is 0.219. The Labute approximate surface area is 248 Å². The van der Waals surface area contributed by atoms with Crippen molar-refractivity contribution in [1.82, 2.24) is 14.5 Å². The molecular weight excluding hydrogens is 531 g/mol. The van der Waals surface area contributed by atoms with E-state index in [0.29, 0.717) is 5.82 Å². The summed E-state index contributed by atoms with van der Waals surface area (Å²) in [5, 5.41) is 6.92. The van der Waals surface area contributed by atoms with Gasteiger partial charge in [-0.1, -0.05) is 109 Å². The first kappa shape index (κ1) is 25.8. The maximum Gasteiger partial charge on any atom is 0.161 e. The number of hydrogen-bond donors (Lipinski definition) is 0. The molecule has 0 radical (unpaired) electrons. The minimum atomic E-state index is 0.712. The molecule has 0 saturated heterocycles. The molecule has 200 valence electrons. The SMILES string of the molecule is C=C/C=c1/cccc2/c1=C\C=C\C(c1ccc3c(c1)c1ccccc1n3-c1ccccc1-c1ncccn1)=C/C=C/S2. The van der Waals surface area contributed by atoms with Crippen LogP contribution in [0.25, 0.3) is 56.6 Å². The number of hydrogen-bond acceptors (Lipinski definition) is 3. The standard InChI is InChI=1S/C38H27N3S/c1-2-11-28-13-8-20-37-30(28)17-7-12-27(14-9-25-42-37)29-21-22-36-33(26-29)31-15-3-5-18-34(31)41(36)35-19-6-4-16-32(35)38-39-23-10-24-40-38/h2-26H,1H2/b12-7+,25-9+,27-14+,28-11-,30-17-. The Morgan fingerprint density at radius 2 is 1.57 bits per heavy atom. The van der Waals surface area contributed by atoms with Gasteiger partial charge >= 0.3 is 0 Å². The van der Waals surface area contributed by atoms with Gasteiger partial charge in [-0.15, -0.1) is 0 Å². The van der Waals surface area contributed by atoms with Crippen molar-refractivity contribution in [3.05, 3.63) is 162 Å². The minimum absolute atomic E-state index is 0.712. The van der Waals surface area contributed by atoms with E-state index in [4.69, 9.17) is 0 Å². The van der Waals surface area contributed by atoms with Gasteiger partial charge in [-0.2, -0.15) is 0 Å². The van der Waals surface area contributed by atoms with Crippen LogP contribution in [0.1, 0.15) is 5.56 Å². The zero-order chi connectivity index (χ0) is 28.3. The van der Waals surface area contributed by atoms with Gasteiger partial charge < -0.3 is 4.57 Å². The lowest BCUT2D eigenvalue weighted by Crippen LogP contribution is -2.25. The van der Waals surface area contributed by atoms with Gasteiger partial charge in [0, 0.05) is 33.6 Å². The molecule has 0 saturated carbocycles. The molecule has 0 aliphatic carbocycles. The zero-order valence-electron chi connectivity index (χ0n) is 22.9. The summed E-state index contributed by atoms with van der Waals surface area (Å²) in [6, 6.07) is 31.9. The molecule has 0 atom stereocenters. The van der Waals surface area contributed by atoms with Crippen LogP contribution in [0.4, 0.5) is 0 Å². The molecule has 3 nitrogen and oxygen atoms in total. The summed E-state index contributed by atoms with van der Waals surface area (Å²) < 4.78 is 2.33. The van der Waals surface area contributed by atoms with Gasteiger partial charge in [0.05, 0.1) is 16.7 Å². The second kappa shape index (κ2) is 11.4. The van der Waals surface area contributed by atoms with Gasteiger partial charge in [0.15, 0.2) is 5.82 Å². The Morgan fingerprint density at radius 1 is 0.738 bits per heavy atom. The fourth-order valence-electron chi connectivity index (χ4n) is 5.57. The lowest BCUT2D eigenvalue weighted by atomic mass is 10.0. The fraction of sp³-hybridized carbons (Fsp3) is 0. The summed E-state index contributed by atoms with van der Waals surface area (Å²) in [6.45, 7) is 3.89. The van der Waals surface area contributed by atoms with Crippen molar-refractivity contribution in [3.8, 4) is 17.1 Å². The van der Waals surface area contributed by atoms with E-state index >= 15 is 0 Å². The number of rotatable bonds is 4. The average molecular weight is 558 g/mol. The predicted molar refractivity (Wildman–Crippen MR) is 179 cm³/mol. The van der Waals surface area contributed by atoms with Crippen molar-refractivity contribution in [2.45, 2.75) is 4.90 Å². The highest BCUT2D eigenvalue weighted by Gasteiger charge is 2.17. The van der Waals surface area contributed by atoms with Crippen LogP contribution in [0.2, 0.25) is 0 Å². The van der Waals surface area contributed by atoms with Crippen LogP contribution in [-0.2, 0) is 0 Å². The molecule has 1 aliphatic rings. The van der Waals surface area contributed by atoms with Gasteiger partial charge in [0.1, 0.15) is 0 Å². The van der Waals surface area contributed by atoms with E-state index in [9.17, 15) is 0 Å². The van der Waals surface area contributed by atoms with E-state index in [1.165, 1.54) is 20.9 Å². The van der Waals surface area contributed by atoms with E-state index in [0.717, 1.165) is 38.6 Å². The van der Waals surface area contributed by atoms with E-state index in [1.54, 1.807) is 24.2 Å². The van der Waals surface area contributed by atoms with E-state index in [1.807, 2.05) is 18.2 Å². The second-order valence-corrected chi connectivity index (χ2v) is 10.9. The number of aromatic nitrogens is 3. The molecule has 3 heterocycles. The first-order valence-electron chi connectivity index (χ1n) is 13.9. The van der Waals surface area contributed by atoms with Crippen LogP contribution in [0.5, 0.6) is 0 Å². The van der Waals surface area contributed by atoms with Crippen molar-refractivity contribution in [1.29, 1.82) is 0 Å².